The van der Waals surface area contributed by atoms with E-state index >= 15 is 0 Å². The van der Waals surface area contributed by atoms with Gasteiger partial charge in [-0.15, -0.1) is 0 Å². The Hall–Kier alpha value is -2.22. The third kappa shape index (κ3) is 3.65. The molecule has 1 aromatic carbocycles. The highest BCUT2D eigenvalue weighted by molar-refractivity contribution is 6.30. The van der Waals surface area contributed by atoms with Crippen LogP contribution in [0.2, 0.25) is 5.02 Å². The number of rotatable bonds is 3. The van der Waals surface area contributed by atoms with Crippen LogP contribution in [0.25, 0.3) is 0 Å². The number of carbonyl (C=O) groups is 1. The Morgan fingerprint density at radius 1 is 1.15 bits per heavy atom. The summed E-state index contributed by atoms with van der Waals surface area (Å²) in [6, 6.07) is 6.96. The summed E-state index contributed by atoms with van der Waals surface area (Å²) in [6.07, 6.45) is 4.71. The third-order valence-corrected chi connectivity index (χ3v) is 4.85. The molecule has 2 fully saturated rings. The van der Waals surface area contributed by atoms with Gasteiger partial charge in [0.25, 0.3) is 5.91 Å². The number of hydrogen-bond acceptors (Lipinski definition) is 6. The molecule has 0 saturated carbocycles. The molecule has 0 unspecified atom stereocenters. The van der Waals surface area contributed by atoms with Crippen molar-refractivity contribution in [2.45, 2.75) is 18.6 Å². The first-order valence-corrected chi connectivity index (χ1v) is 8.93. The molecule has 0 atom stereocenters. The van der Waals surface area contributed by atoms with Gasteiger partial charge in [-0.3, -0.25) is 4.79 Å². The first-order chi connectivity index (χ1) is 12.6. The van der Waals surface area contributed by atoms with E-state index in [0.29, 0.717) is 23.9 Å². The first-order valence-electron chi connectivity index (χ1n) is 8.55. The van der Waals surface area contributed by atoms with Crippen molar-refractivity contribution in [3.63, 3.8) is 0 Å². The van der Waals surface area contributed by atoms with E-state index < -0.39 is 5.79 Å². The molecular weight excluding hydrogens is 356 g/mol. The molecule has 1 spiro atoms. The number of anilines is 2. The summed E-state index contributed by atoms with van der Waals surface area (Å²) >= 11 is 5.92. The van der Waals surface area contributed by atoms with Gasteiger partial charge in [0.15, 0.2) is 5.79 Å². The summed E-state index contributed by atoms with van der Waals surface area (Å²) in [6.45, 7) is 2.89. The molecule has 3 heterocycles. The SMILES string of the molecule is O=C(Nc1cccc(Cl)c1)c1cnc(N2CCC3(CC2)OCCO3)cn1. The van der Waals surface area contributed by atoms with Crippen molar-refractivity contribution in [3.8, 4) is 0 Å². The van der Waals surface area contributed by atoms with Gasteiger partial charge >= 0.3 is 0 Å². The van der Waals surface area contributed by atoms with Crippen molar-refractivity contribution >= 4 is 29.0 Å². The van der Waals surface area contributed by atoms with Crippen molar-refractivity contribution in [2.75, 3.05) is 36.5 Å². The average Bonchev–Trinajstić information content (AvgIpc) is 3.11. The molecule has 26 heavy (non-hydrogen) atoms. The molecular formula is C18H19ClN4O3. The van der Waals surface area contributed by atoms with Crippen LogP contribution in [0.4, 0.5) is 11.5 Å². The summed E-state index contributed by atoms with van der Waals surface area (Å²) in [4.78, 5) is 23.0. The van der Waals surface area contributed by atoms with Gasteiger partial charge in [-0.05, 0) is 18.2 Å². The zero-order valence-corrected chi connectivity index (χ0v) is 14.9. The molecule has 0 radical (unpaired) electrons. The van der Waals surface area contributed by atoms with E-state index in [-0.39, 0.29) is 11.6 Å². The van der Waals surface area contributed by atoms with Crippen LogP contribution in [-0.2, 0) is 9.47 Å². The van der Waals surface area contributed by atoms with Crippen molar-refractivity contribution in [3.05, 3.63) is 47.4 Å². The standard InChI is InChI=1S/C18H19ClN4O3/c19-13-2-1-3-14(10-13)22-17(24)15-11-21-16(12-20-15)23-6-4-18(5-7-23)25-8-9-26-18/h1-3,10-12H,4-9H2,(H,22,24). The third-order valence-electron chi connectivity index (χ3n) is 4.62. The van der Waals surface area contributed by atoms with E-state index in [1.165, 1.54) is 6.20 Å². The molecule has 1 amide bonds. The summed E-state index contributed by atoms with van der Waals surface area (Å²) in [7, 11) is 0. The highest BCUT2D eigenvalue weighted by atomic mass is 35.5. The molecule has 1 N–H and O–H groups in total. The topological polar surface area (TPSA) is 76.6 Å². The average molecular weight is 375 g/mol. The molecule has 0 bridgehead atoms. The molecule has 136 valence electrons. The Kier molecular flexibility index (Phi) is 4.76. The van der Waals surface area contributed by atoms with Crippen LogP contribution in [0.3, 0.4) is 0 Å². The Labute approximate surface area is 156 Å². The van der Waals surface area contributed by atoms with Crippen LogP contribution < -0.4 is 10.2 Å². The summed E-state index contributed by atoms with van der Waals surface area (Å²) < 4.78 is 11.5. The van der Waals surface area contributed by atoms with Crippen LogP contribution >= 0.6 is 11.6 Å². The lowest BCUT2D eigenvalue weighted by molar-refractivity contribution is -0.169. The lowest BCUT2D eigenvalue weighted by Crippen LogP contribution is -2.45. The maximum atomic E-state index is 12.3. The molecule has 2 aliphatic heterocycles. The van der Waals surface area contributed by atoms with E-state index in [4.69, 9.17) is 21.1 Å². The smallest absolute Gasteiger partial charge is 0.275 e. The summed E-state index contributed by atoms with van der Waals surface area (Å²) in [5.74, 6) is 0.00888. The van der Waals surface area contributed by atoms with Gasteiger partial charge in [-0.1, -0.05) is 17.7 Å². The molecule has 8 heteroatoms. The van der Waals surface area contributed by atoms with Gasteiger partial charge < -0.3 is 19.7 Å². The summed E-state index contributed by atoms with van der Waals surface area (Å²) in [5, 5.41) is 3.32. The van der Waals surface area contributed by atoms with Crippen LogP contribution in [-0.4, -0.2) is 48.0 Å². The zero-order chi connectivity index (χ0) is 18.0. The lowest BCUT2D eigenvalue weighted by Gasteiger charge is -2.37. The minimum absolute atomic E-state index is 0.254. The number of nitrogens with zero attached hydrogens (tertiary/aromatic N) is 3. The largest absolute Gasteiger partial charge is 0.355 e. The molecule has 2 saturated heterocycles. The summed E-state index contributed by atoms with van der Waals surface area (Å²) in [5.41, 5.74) is 0.871. The second-order valence-electron chi connectivity index (χ2n) is 6.32. The monoisotopic (exact) mass is 374 g/mol. The van der Waals surface area contributed by atoms with Crippen molar-refractivity contribution in [1.29, 1.82) is 0 Å². The van der Waals surface area contributed by atoms with Gasteiger partial charge in [-0.25, -0.2) is 9.97 Å². The number of benzene rings is 1. The second kappa shape index (κ2) is 7.19. The maximum Gasteiger partial charge on any atom is 0.275 e. The zero-order valence-electron chi connectivity index (χ0n) is 14.2. The van der Waals surface area contributed by atoms with E-state index in [2.05, 4.69) is 20.2 Å². The molecule has 0 aliphatic carbocycles. The number of amides is 1. The second-order valence-corrected chi connectivity index (χ2v) is 6.76. The molecule has 7 nitrogen and oxygen atoms in total. The van der Waals surface area contributed by atoms with Crippen LogP contribution in [0.1, 0.15) is 23.3 Å². The number of hydrogen-bond donors (Lipinski definition) is 1. The van der Waals surface area contributed by atoms with Gasteiger partial charge in [0, 0.05) is 36.6 Å². The predicted octanol–water partition coefficient (Wildman–Crippen LogP) is 2.73. The lowest BCUT2D eigenvalue weighted by atomic mass is 10.0. The minimum atomic E-state index is -0.416. The fourth-order valence-electron chi connectivity index (χ4n) is 3.23. The Balaban J connectivity index is 1.38. The molecule has 1 aromatic heterocycles. The van der Waals surface area contributed by atoms with Gasteiger partial charge in [0.1, 0.15) is 11.5 Å². The van der Waals surface area contributed by atoms with Crippen LogP contribution in [0.5, 0.6) is 0 Å². The molecule has 2 aromatic rings. The highest BCUT2D eigenvalue weighted by Gasteiger charge is 2.40. The maximum absolute atomic E-state index is 12.3. The normalized spacial score (nSPS) is 18.9. The number of halogens is 1. The highest BCUT2D eigenvalue weighted by Crippen LogP contribution is 2.32. The quantitative estimate of drug-likeness (QED) is 0.890. The number of carbonyl (C=O) groups excluding carboxylic acids is 1. The van der Waals surface area contributed by atoms with Crippen molar-refractivity contribution in [2.24, 2.45) is 0 Å². The number of ether oxygens (including phenoxy) is 2. The number of nitrogens with one attached hydrogen (secondary N) is 1. The van der Waals surface area contributed by atoms with E-state index in [1.807, 2.05) is 0 Å². The Morgan fingerprint density at radius 3 is 2.58 bits per heavy atom. The Morgan fingerprint density at radius 2 is 1.92 bits per heavy atom. The Bertz CT molecular complexity index is 783. The first kappa shape index (κ1) is 17.2. The van der Waals surface area contributed by atoms with Gasteiger partial charge in [-0.2, -0.15) is 0 Å². The predicted molar refractivity (Wildman–Crippen MR) is 97.5 cm³/mol. The van der Waals surface area contributed by atoms with E-state index in [0.717, 1.165) is 31.7 Å². The molecule has 4 rings (SSSR count). The minimum Gasteiger partial charge on any atom is -0.355 e. The van der Waals surface area contributed by atoms with E-state index in [1.54, 1.807) is 30.5 Å². The van der Waals surface area contributed by atoms with Gasteiger partial charge in [0.2, 0.25) is 0 Å². The van der Waals surface area contributed by atoms with Crippen molar-refractivity contribution in [1.82, 2.24) is 9.97 Å². The van der Waals surface area contributed by atoms with Crippen LogP contribution in [0, 0.1) is 0 Å². The fraction of sp³-hybridized carbons (Fsp3) is 0.389. The van der Waals surface area contributed by atoms with E-state index in [9.17, 15) is 4.79 Å². The molecule has 2 aliphatic rings. The fourth-order valence-corrected chi connectivity index (χ4v) is 3.42. The van der Waals surface area contributed by atoms with Gasteiger partial charge in [0.05, 0.1) is 25.6 Å². The van der Waals surface area contributed by atoms with Crippen LogP contribution in [0.15, 0.2) is 36.7 Å². The van der Waals surface area contributed by atoms with Crippen molar-refractivity contribution < 1.29 is 14.3 Å². The number of piperidine rings is 1. The number of aromatic nitrogens is 2.